The Labute approximate surface area is 114 Å². The van der Waals surface area contributed by atoms with Crippen molar-refractivity contribution in [3.05, 3.63) is 53.9 Å². The predicted octanol–water partition coefficient (Wildman–Crippen LogP) is 3.85. The second kappa shape index (κ2) is 6.34. The average molecular weight is 256 g/mol. The van der Waals surface area contributed by atoms with Gasteiger partial charge in [0, 0.05) is 6.04 Å². The molecular weight excluding hydrogens is 236 g/mol. The van der Waals surface area contributed by atoms with Gasteiger partial charge in [0.05, 0.1) is 11.9 Å². The van der Waals surface area contributed by atoms with E-state index in [1.807, 2.05) is 37.3 Å². The Kier molecular flexibility index (Phi) is 4.53. The zero-order valence-corrected chi connectivity index (χ0v) is 11.5. The van der Waals surface area contributed by atoms with E-state index in [0.717, 1.165) is 30.0 Å². The lowest BCUT2D eigenvalue weighted by atomic mass is 10.1. The summed E-state index contributed by atoms with van der Waals surface area (Å²) in [4.78, 5) is 4.34. The van der Waals surface area contributed by atoms with E-state index in [9.17, 15) is 0 Å². The van der Waals surface area contributed by atoms with Gasteiger partial charge in [-0.25, -0.2) is 0 Å². The van der Waals surface area contributed by atoms with Gasteiger partial charge in [-0.3, -0.25) is 4.98 Å². The summed E-state index contributed by atoms with van der Waals surface area (Å²) in [6, 6.07) is 11.9. The molecule has 0 aliphatic heterocycles. The Morgan fingerprint density at radius 3 is 2.63 bits per heavy atom. The molecule has 3 nitrogen and oxygen atoms in total. The van der Waals surface area contributed by atoms with E-state index in [-0.39, 0.29) is 6.04 Å². The van der Waals surface area contributed by atoms with Gasteiger partial charge in [0.2, 0.25) is 0 Å². The van der Waals surface area contributed by atoms with Crippen LogP contribution in [0, 0.1) is 0 Å². The molecule has 0 bridgehead atoms. The van der Waals surface area contributed by atoms with Crippen LogP contribution >= 0.6 is 0 Å². The number of hydrogen-bond donors (Lipinski definition) is 1. The van der Waals surface area contributed by atoms with E-state index in [1.54, 1.807) is 6.20 Å². The molecule has 1 heterocycles. The molecule has 100 valence electrons. The van der Waals surface area contributed by atoms with Crippen LogP contribution in [-0.2, 0) is 6.42 Å². The highest BCUT2D eigenvalue weighted by molar-refractivity contribution is 5.33. The summed E-state index contributed by atoms with van der Waals surface area (Å²) in [5.41, 5.74) is 8.09. The van der Waals surface area contributed by atoms with Gasteiger partial charge in [-0.15, -0.1) is 0 Å². The van der Waals surface area contributed by atoms with Crippen LogP contribution < -0.4 is 10.5 Å². The molecule has 0 aliphatic rings. The molecule has 0 spiro atoms. The third-order valence-electron chi connectivity index (χ3n) is 3.12. The number of nitrogens with two attached hydrogens (primary N) is 1. The SMILES string of the molecule is CCc1cccc(Oc2ccc([C@H](N)CC)nc2)c1. The molecule has 0 aliphatic carbocycles. The lowest BCUT2D eigenvalue weighted by Gasteiger charge is -2.10. The van der Waals surface area contributed by atoms with Crippen LogP contribution in [0.15, 0.2) is 42.6 Å². The molecule has 0 saturated carbocycles. The topological polar surface area (TPSA) is 48.1 Å². The summed E-state index contributed by atoms with van der Waals surface area (Å²) in [6.45, 7) is 4.18. The van der Waals surface area contributed by atoms with Gasteiger partial charge >= 0.3 is 0 Å². The summed E-state index contributed by atoms with van der Waals surface area (Å²) >= 11 is 0. The Hall–Kier alpha value is -1.87. The molecule has 2 aromatic rings. The molecule has 1 aromatic heterocycles. The summed E-state index contributed by atoms with van der Waals surface area (Å²) in [6.07, 6.45) is 3.61. The summed E-state index contributed by atoms with van der Waals surface area (Å²) in [7, 11) is 0. The van der Waals surface area contributed by atoms with Crippen LogP contribution in [0.25, 0.3) is 0 Å². The quantitative estimate of drug-likeness (QED) is 0.884. The fourth-order valence-corrected chi connectivity index (χ4v) is 1.85. The van der Waals surface area contributed by atoms with Crippen molar-refractivity contribution in [1.82, 2.24) is 4.98 Å². The number of benzene rings is 1. The zero-order valence-electron chi connectivity index (χ0n) is 11.5. The number of hydrogen-bond acceptors (Lipinski definition) is 3. The Morgan fingerprint density at radius 1 is 1.16 bits per heavy atom. The molecule has 0 amide bonds. The van der Waals surface area contributed by atoms with Crippen LogP contribution in [0.5, 0.6) is 11.5 Å². The van der Waals surface area contributed by atoms with Gasteiger partial charge in [-0.05, 0) is 42.7 Å². The Morgan fingerprint density at radius 2 is 2.00 bits per heavy atom. The first-order chi connectivity index (χ1) is 9.22. The Bertz CT molecular complexity index is 523. The molecule has 0 fully saturated rings. The standard InChI is InChI=1S/C16H20N2O/c1-3-12-6-5-7-13(10-12)19-14-8-9-16(18-11-14)15(17)4-2/h5-11,15H,3-4,17H2,1-2H3/t15-/m1/s1. The highest BCUT2D eigenvalue weighted by Crippen LogP contribution is 2.23. The van der Waals surface area contributed by atoms with Gasteiger partial charge in [0.25, 0.3) is 0 Å². The van der Waals surface area contributed by atoms with E-state index in [1.165, 1.54) is 5.56 Å². The maximum absolute atomic E-state index is 5.93. The van der Waals surface area contributed by atoms with Crippen LogP contribution in [-0.4, -0.2) is 4.98 Å². The monoisotopic (exact) mass is 256 g/mol. The predicted molar refractivity (Wildman–Crippen MR) is 77.4 cm³/mol. The third-order valence-corrected chi connectivity index (χ3v) is 3.12. The summed E-state index contributed by atoms with van der Waals surface area (Å²) in [5, 5.41) is 0. The molecule has 1 aromatic carbocycles. The van der Waals surface area contributed by atoms with Gasteiger partial charge in [-0.2, -0.15) is 0 Å². The number of ether oxygens (including phenoxy) is 1. The van der Waals surface area contributed by atoms with E-state index in [0.29, 0.717) is 0 Å². The fourth-order valence-electron chi connectivity index (χ4n) is 1.85. The third kappa shape index (κ3) is 3.55. The zero-order chi connectivity index (χ0) is 13.7. The average Bonchev–Trinajstić information content (AvgIpc) is 2.47. The highest BCUT2D eigenvalue weighted by atomic mass is 16.5. The summed E-state index contributed by atoms with van der Waals surface area (Å²) < 4.78 is 5.79. The normalized spacial score (nSPS) is 12.2. The Balaban J connectivity index is 2.10. The summed E-state index contributed by atoms with van der Waals surface area (Å²) in [5.74, 6) is 1.58. The molecule has 2 N–H and O–H groups in total. The number of pyridine rings is 1. The molecule has 19 heavy (non-hydrogen) atoms. The number of aryl methyl sites for hydroxylation is 1. The lowest BCUT2D eigenvalue weighted by molar-refractivity contribution is 0.478. The molecule has 2 rings (SSSR count). The van der Waals surface area contributed by atoms with Crippen LogP contribution in [0.4, 0.5) is 0 Å². The largest absolute Gasteiger partial charge is 0.456 e. The van der Waals surface area contributed by atoms with Gasteiger partial charge in [0.1, 0.15) is 11.5 Å². The van der Waals surface area contributed by atoms with E-state index < -0.39 is 0 Å². The fraction of sp³-hybridized carbons (Fsp3) is 0.312. The maximum atomic E-state index is 5.93. The van der Waals surface area contributed by atoms with Crippen LogP contribution in [0.2, 0.25) is 0 Å². The maximum Gasteiger partial charge on any atom is 0.145 e. The molecule has 0 saturated heterocycles. The lowest BCUT2D eigenvalue weighted by Crippen LogP contribution is -2.10. The minimum absolute atomic E-state index is 0.00234. The van der Waals surface area contributed by atoms with Crippen molar-refractivity contribution < 1.29 is 4.74 Å². The number of rotatable bonds is 5. The van der Waals surface area contributed by atoms with Gasteiger partial charge < -0.3 is 10.5 Å². The minimum atomic E-state index is -0.00234. The van der Waals surface area contributed by atoms with E-state index in [2.05, 4.69) is 18.0 Å². The number of nitrogens with zero attached hydrogens (tertiary/aromatic N) is 1. The van der Waals surface area contributed by atoms with Crippen molar-refractivity contribution in [3.8, 4) is 11.5 Å². The molecule has 3 heteroatoms. The number of aromatic nitrogens is 1. The van der Waals surface area contributed by atoms with Crippen molar-refractivity contribution >= 4 is 0 Å². The van der Waals surface area contributed by atoms with Crippen molar-refractivity contribution in [3.63, 3.8) is 0 Å². The van der Waals surface area contributed by atoms with E-state index in [4.69, 9.17) is 10.5 Å². The van der Waals surface area contributed by atoms with Crippen molar-refractivity contribution in [2.75, 3.05) is 0 Å². The van der Waals surface area contributed by atoms with Crippen molar-refractivity contribution in [2.45, 2.75) is 32.7 Å². The van der Waals surface area contributed by atoms with E-state index >= 15 is 0 Å². The highest BCUT2D eigenvalue weighted by Gasteiger charge is 2.05. The van der Waals surface area contributed by atoms with Crippen molar-refractivity contribution in [1.29, 1.82) is 0 Å². The molecule has 0 radical (unpaired) electrons. The first-order valence-corrected chi connectivity index (χ1v) is 6.71. The van der Waals surface area contributed by atoms with Crippen LogP contribution in [0.1, 0.15) is 37.6 Å². The molecule has 1 atom stereocenters. The second-order valence-corrected chi connectivity index (χ2v) is 4.54. The second-order valence-electron chi connectivity index (χ2n) is 4.54. The minimum Gasteiger partial charge on any atom is -0.456 e. The van der Waals surface area contributed by atoms with Crippen LogP contribution in [0.3, 0.4) is 0 Å². The molecular formula is C16H20N2O. The first-order valence-electron chi connectivity index (χ1n) is 6.71. The van der Waals surface area contributed by atoms with Gasteiger partial charge in [-0.1, -0.05) is 26.0 Å². The van der Waals surface area contributed by atoms with Crippen molar-refractivity contribution in [2.24, 2.45) is 5.73 Å². The first kappa shape index (κ1) is 13.6. The van der Waals surface area contributed by atoms with Gasteiger partial charge in [0.15, 0.2) is 0 Å². The molecule has 0 unspecified atom stereocenters. The smallest absolute Gasteiger partial charge is 0.145 e.